The summed E-state index contributed by atoms with van der Waals surface area (Å²) in [6.45, 7) is 7.82. The Morgan fingerprint density at radius 3 is 2.40 bits per heavy atom. The summed E-state index contributed by atoms with van der Waals surface area (Å²) in [7, 11) is -3.39. The highest BCUT2D eigenvalue weighted by molar-refractivity contribution is 7.89. The van der Waals surface area contributed by atoms with Crippen molar-refractivity contribution in [3.8, 4) is 0 Å². The molecule has 0 amide bonds. The monoisotopic (exact) mass is 296 g/mol. The molecule has 1 aromatic rings. The molecule has 20 heavy (non-hydrogen) atoms. The van der Waals surface area contributed by atoms with Crippen LogP contribution in [-0.4, -0.2) is 38.4 Å². The van der Waals surface area contributed by atoms with Crippen molar-refractivity contribution in [1.82, 2.24) is 9.62 Å². The molecule has 1 unspecified atom stereocenters. The molecule has 0 aliphatic carbocycles. The van der Waals surface area contributed by atoms with Crippen LogP contribution in [0.4, 0.5) is 0 Å². The van der Waals surface area contributed by atoms with Crippen LogP contribution in [0, 0.1) is 13.8 Å². The standard InChI is InChI=1S/C15H24N2O2S/c1-4-17(11-14-6-5-7-16-14)20(18,19)15-9-12(2)8-13(3)10-15/h8-10,14,16H,4-7,11H2,1-3H3. The third-order valence-corrected chi connectivity index (χ3v) is 5.69. The van der Waals surface area contributed by atoms with Crippen LogP contribution in [0.5, 0.6) is 0 Å². The van der Waals surface area contributed by atoms with E-state index in [2.05, 4.69) is 5.32 Å². The highest BCUT2D eigenvalue weighted by atomic mass is 32.2. The molecule has 5 heteroatoms. The normalized spacial score (nSPS) is 19.7. The largest absolute Gasteiger partial charge is 0.313 e. The molecule has 0 radical (unpaired) electrons. The summed E-state index contributed by atoms with van der Waals surface area (Å²) < 4.78 is 27.1. The summed E-state index contributed by atoms with van der Waals surface area (Å²) in [5.74, 6) is 0. The summed E-state index contributed by atoms with van der Waals surface area (Å²) in [4.78, 5) is 0.412. The molecule has 1 atom stereocenters. The number of rotatable bonds is 5. The van der Waals surface area contributed by atoms with Gasteiger partial charge in [-0.15, -0.1) is 0 Å². The Hall–Kier alpha value is -0.910. The molecule has 112 valence electrons. The van der Waals surface area contributed by atoms with Gasteiger partial charge in [0.2, 0.25) is 10.0 Å². The van der Waals surface area contributed by atoms with Crippen molar-refractivity contribution in [3.05, 3.63) is 29.3 Å². The van der Waals surface area contributed by atoms with Crippen LogP contribution < -0.4 is 5.32 Å². The summed E-state index contributed by atoms with van der Waals surface area (Å²) in [6, 6.07) is 5.80. The lowest BCUT2D eigenvalue weighted by molar-refractivity contribution is 0.383. The first-order valence-corrected chi connectivity index (χ1v) is 8.69. The van der Waals surface area contributed by atoms with Gasteiger partial charge in [-0.05, 0) is 56.5 Å². The predicted octanol–water partition coefficient (Wildman–Crippen LogP) is 2.07. The van der Waals surface area contributed by atoms with Crippen molar-refractivity contribution in [2.45, 2.75) is 44.6 Å². The van der Waals surface area contributed by atoms with Gasteiger partial charge in [-0.1, -0.05) is 13.0 Å². The average Bonchev–Trinajstić information content (AvgIpc) is 2.87. The van der Waals surface area contributed by atoms with Gasteiger partial charge in [-0.2, -0.15) is 4.31 Å². The van der Waals surface area contributed by atoms with E-state index < -0.39 is 10.0 Å². The topological polar surface area (TPSA) is 49.4 Å². The van der Waals surface area contributed by atoms with Crippen LogP contribution in [0.25, 0.3) is 0 Å². The summed E-state index contributed by atoms with van der Waals surface area (Å²) in [5.41, 5.74) is 1.97. The van der Waals surface area contributed by atoms with E-state index in [4.69, 9.17) is 0 Å². The van der Waals surface area contributed by atoms with Gasteiger partial charge in [0, 0.05) is 19.1 Å². The van der Waals surface area contributed by atoms with Crippen molar-refractivity contribution in [2.75, 3.05) is 19.6 Å². The van der Waals surface area contributed by atoms with E-state index in [1.807, 2.05) is 26.8 Å². The molecule has 2 rings (SSSR count). The van der Waals surface area contributed by atoms with Gasteiger partial charge in [-0.3, -0.25) is 0 Å². The molecular formula is C15H24N2O2S. The molecule has 4 nitrogen and oxygen atoms in total. The zero-order valence-corrected chi connectivity index (χ0v) is 13.3. The molecule has 1 N–H and O–H groups in total. The Morgan fingerprint density at radius 2 is 1.90 bits per heavy atom. The number of likely N-dealkylation sites (N-methyl/N-ethyl adjacent to an activating group) is 1. The van der Waals surface area contributed by atoms with E-state index >= 15 is 0 Å². The fraction of sp³-hybridized carbons (Fsp3) is 0.600. The quantitative estimate of drug-likeness (QED) is 0.905. The van der Waals surface area contributed by atoms with Gasteiger partial charge in [0.1, 0.15) is 0 Å². The molecule has 1 heterocycles. The number of nitrogens with zero attached hydrogens (tertiary/aromatic N) is 1. The summed E-state index contributed by atoms with van der Waals surface area (Å²) in [6.07, 6.45) is 2.19. The Labute approximate surface area is 122 Å². The lowest BCUT2D eigenvalue weighted by Crippen LogP contribution is -2.41. The van der Waals surface area contributed by atoms with Gasteiger partial charge in [0.05, 0.1) is 4.90 Å². The number of sulfonamides is 1. The zero-order valence-electron chi connectivity index (χ0n) is 12.5. The minimum absolute atomic E-state index is 0.288. The van der Waals surface area contributed by atoms with E-state index in [1.165, 1.54) is 0 Å². The predicted molar refractivity (Wildman–Crippen MR) is 81.4 cm³/mol. The molecule has 1 aliphatic rings. The highest BCUT2D eigenvalue weighted by Gasteiger charge is 2.27. The molecule has 1 aliphatic heterocycles. The summed E-state index contributed by atoms with van der Waals surface area (Å²) >= 11 is 0. The zero-order chi connectivity index (χ0) is 14.8. The maximum absolute atomic E-state index is 12.8. The number of hydrogen-bond acceptors (Lipinski definition) is 3. The molecule has 0 saturated carbocycles. The van der Waals surface area contributed by atoms with Gasteiger partial charge in [-0.25, -0.2) is 8.42 Å². The number of aryl methyl sites for hydroxylation is 2. The molecule has 0 aromatic heterocycles. The third kappa shape index (κ3) is 3.40. The van der Waals surface area contributed by atoms with Gasteiger partial charge >= 0.3 is 0 Å². The first kappa shape index (κ1) is 15.5. The van der Waals surface area contributed by atoms with Crippen molar-refractivity contribution < 1.29 is 8.42 Å². The molecule has 1 fully saturated rings. The van der Waals surface area contributed by atoms with Gasteiger partial charge in [0.15, 0.2) is 0 Å². The van der Waals surface area contributed by atoms with Gasteiger partial charge in [0.25, 0.3) is 0 Å². The van der Waals surface area contributed by atoms with Gasteiger partial charge < -0.3 is 5.32 Å². The van der Waals surface area contributed by atoms with Crippen LogP contribution in [-0.2, 0) is 10.0 Å². The van der Waals surface area contributed by atoms with Crippen LogP contribution in [0.1, 0.15) is 30.9 Å². The molecule has 0 bridgehead atoms. The molecule has 1 saturated heterocycles. The number of nitrogens with one attached hydrogen (secondary N) is 1. The lowest BCUT2D eigenvalue weighted by atomic mass is 10.2. The Balaban J connectivity index is 2.25. The van der Waals surface area contributed by atoms with Crippen LogP contribution >= 0.6 is 0 Å². The third-order valence-electron chi connectivity index (χ3n) is 3.77. The molecule has 1 aromatic carbocycles. The van der Waals surface area contributed by atoms with E-state index in [-0.39, 0.29) is 6.04 Å². The van der Waals surface area contributed by atoms with E-state index in [9.17, 15) is 8.42 Å². The second-order valence-corrected chi connectivity index (χ2v) is 7.51. The second kappa shape index (κ2) is 6.24. The van der Waals surface area contributed by atoms with Crippen LogP contribution in [0.3, 0.4) is 0 Å². The number of hydrogen-bond donors (Lipinski definition) is 1. The Morgan fingerprint density at radius 1 is 1.25 bits per heavy atom. The molecule has 0 spiro atoms. The minimum atomic E-state index is -3.39. The lowest BCUT2D eigenvalue weighted by Gasteiger charge is -2.24. The minimum Gasteiger partial charge on any atom is -0.313 e. The fourth-order valence-corrected chi connectivity index (χ4v) is 4.47. The maximum atomic E-state index is 12.8. The van der Waals surface area contributed by atoms with E-state index in [1.54, 1.807) is 16.4 Å². The summed E-state index contributed by atoms with van der Waals surface area (Å²) in [5, 5.41) is 3.36. The van der Waals surface area contributed by atoms with E-state index in [0.29, 0.717) is 18.0 Å². The molecular weight excluding hydrogens is 272 g/mol. The SMILES string of the molecule is CCN(CC1CCCN1)S(=O)(=O)c1cc(C)cc(C)c1. The van der Waals surface area contributed by atoms with Crippen molar-refractivity contribution >= 4 is 10.0 Å². The van der Waals surface area contributed by atoms with Crippen LogP contribution in [0.2, 0.25) is 0 Å². The Bertz CT molecular complexity index is 543. The average molecular weight is 296 g/mol. The van der Waals surface area contributed by atoms with Crippen molar-refractivity contribution in [3.63, 3.8) is 0 Å². The maximum Gasteiger partial charge on any atom is 0.243 e. The Kier molecular flexibility index (Phi) is 4.83. The van der Waals surface area contributed by atoms with Crippen molar-refractivity contribution in [2.24, 2.45) is 0 Å². The highest BCUT2D eigenvalue weighted by Crippen LogP contribution is 2.20. The smallest absolute Gasteiger partial charge is 0.243 e. The first-order valence-electron chi connectivity index (χ1n) is 7.25. The fourth-order valence-electron chi connectivity index (χ4n) is 2.79. The van der Waals surface area contributed by atoms with E-state index in [0.717, 1.165) is 30.5 Å². The van der Waals surface area contributed by atoms with Crippen molar-refractivity contribution in [1.29, 1.82) is 0 Å². The van der Waals surface area contributed by atoms with Crippen LogP contribution in [0.15, 0.2) is 23.1 Å². The second-order valence-electron chi connectivity index (χ2n) is 5.57. The first-order chi connectivity index (χ1) is 9.43. The number of benzene rings is 1.